The highest BCUT2D eigenvalue weighted by Crippen LogP contribution is 2.24. The van der Waals surface area contributed by atoms with Gasteiger partial charge < -0.3 is 10.4 Å². The van der Waals surface area contributed by atoms with Crippen LogP contribution in [-0.4, -0.2) is 10.0 Å². The maximum absolute atomic E-state index is 10.9. The molecule has 0 aliphatic heterocycles. The molecule has 2 N–H and O–H groups in total. The Labute approximate surface area is 117 Å². The molecule has 0 spiro atoms. The molecule has 0 aromatic heterocycles. The van der Waals surface area contributed by atoms with Crippen molar-refractivity contribution < 1.29 is 10.0 Å². The molecule has 2 aromatic rings. The maximum atomic E-state index is 10.9. The molecule has 20 heavy (non-hydrogen) atoms. The number of nitrogens with one attached hydrogen (secondary N) is 1. The van der Waals surface area contributed by atoms with Crippen molar-refractivity contribution in [3.8, 4) is 0 Å². The fraction of sp³-hybridized carbons (Fsp3) is 0.200. The normalized spacial score (nSPS) is 11.9. The summed E-state index contributed by atoms with van der Waals surface area (Å²) in [7, 11) is 0. The molecule has 5 nitrogen and oxygen atoms in total. The van der Waals surface area contributed by atoms with E-state index in [0.717, 1.165) is 11.1 Å². The van der Waals surface area contributed by atoms with Crippen LogP contribution in [0.2, 0.25) is 0 Å². The second kappa shape index (κ2) is 6.16. The van der Waals surface area contributed by atoms with E-state index in [0.29, 0.717) is 12.2 Å². The van der Waals surface area contributed by atoms with Crippen molar-refractivity contribution in [2.24, 2.45) is 0 Å². The smallest absolute Gasteiger partial charge is 0.292 e. The van der Waals surface area contributed by atoms with Gasteiger partial charge >= 0.3 is 0 Å². The minimum Gasteiger partial charge on any atom is -0.389 e. The van der Waals surface area contributed by atoms with E-state index in [9.17, 15) is 15.2 Å². The number of nitrogens with zero attached hydrogens (tertiary/aromatic N) is 1. The second-order valence-corrected chi connectivity index (χ2v) is 4.55. The topological polar surface area (TPSA) is 75.4 Å². The number of rotatable bonds is 5. The fourth-order valence-electron chi connectivity index (χ4n) is 1.89. The lowest BCUT2D eigenvalue weighted by atomic mass is 10.1. The summed E-state index contributed by atoms with van der Waals surface area (Å²) in [6.07, 6.45) is -0.493. The summed E-state index contributed by atoms with van der Waals surface area (Å²) in [5.74, 6) is 0. The molecule has 1 unspecified atom stereocenters. The zero-order valence-corrected chi connectivity index (χ0v) is 11.1. The lowest BCUT2D eigenvalue weighted by molar-refractivity contribution is -0.384. The number of aliphatic hydroxyl groups excluding tert-OH is 1. The number of nitro benzene ring substituents is 1. The second-order valence-electron chi connectivity index (χ2n) is 4.55. The third-order valence-electron chi connectivity index (χ3n) is 3.05. The molecule has 2 rings (SSSR count). The highest BCUT2D eigenvalue weighted by atomic mass is 16.6. The predicted octanol–water partition coefficient (Wildman–Crippen LogP) is 3.26. The molecule has 104 valence electrons. The van der Waals surface area contributed by atoms with E-state index in [4.69, 9.17) is 0 Å². The van der Waals surface area contributed by atoms with Crippen molar-refractivity contribution in [2.45, 2.75) is 19.6 Å². The largest absolute Gasteiger partial charge is 0.389 e. The first-order valence-electron chi connectivity index (χ1n) is 6.32. The van der Waals surface area contributed by atoms with Crippen LogP contribution < -0.4 is 5.32 Å². The Morgan fingerprint density at radius 2 is 1.85 bits per heavy atom. The number of hydrogen-bond acceptors (Lipinski definition) is 4. The minimum absolute atomic E-state index is 0.0631. The van der Waals surface area contributed by atoms with Gasteiger partial charge in [0.1, 0.15) is 5.69 Å². The summed E-state index contributed by atoms with van der Waals surface area (Å²) in [5, 5.41) is 23.4. The fourth-order valence-corrected chi connectivity index (χ4v) is 1.89. The number of benzene rings is 2. The van der Waals surface area contributed by atoms with Crippen LogP contribution in [0.25, 0.3) is 0 Å². The summed E-state index contributed by atoms with van der Waals surface area (Å²) < 4.78 is 0. The first-order chi connectivity index (χ1) is 9.58. The van der Waals surface area contributed by atoms with Crippen molar-refractivity contribution in [2.75, 3.05) is 5.32 Å². The van der Waals surface area contributed by atoms with Gasteiger partial charge in [-0.1, -0.05) is 36.4 Å². The molecule has 2 aromatic carbocycles. The molecule has 0 aliphatic rings. The number of nitro groups is 1. The molecule has 0 radical (unpaired) electrons. The number of hydrogen-bond donors (Lipinski definition) is 2. The Morgan fingerprint density at radius 1 is 1.20 bits per heavy atom. The Kier molecular flexibility index (Phi) is 4.32. The Hall–Kier alpha value is -2.40. The monoisotopic (exact) mass is 272 g/mol. The third kappa shape index (κ3) is 3.33. The number of aliphatic hydroxyl groups is 1. The third-order valence-corrected chi connectivity index (χ3v) is 3.05. The zero-order chi connectivity index (χ0) is 14.5. The van der Waals surface area contributed by atoms with Crippen molar-refractivity contribution in [1.82, 2.24) is 0 Å². The molecular weight excluding hydrogens is 256 g/mol. The number of anilines is 1. The van der Waals surface area contributed by atoms with Gasteiger partial charge in [0.2, 0.25) is 0 Å². The lowest BCUT2D eigenvalue weighted by Crippen LogP contribution is -2.02. The minimum atomic E-state index is -0.493. The molecule has 0 saturated heterocycles. The van der Waals surface area contributed by atoms with E-state index < -0.39 is 11.0 Å². The van der Waals surface area contributed by atoms with Crippen LogP contribution >= 0.6 is 0 Å². The average Bonchev–Trinajstić information content (AvgIpc) is 2.45. The van der Waals surface area contributed by atoms with E-state index in [1.54, 1.807) is 25.1 Å². The maximum Gasteiger partial charge on any atom is 0.292 e. The van der Waals surface area contributed by atoms with E-state index in [-0.39, 0.29) is 5.69 Å². The van der Waals surface area contributed by atoms with E-state index >= 15 is 0 Å². The van der Waals surface area contributed by atoms with Gasteiger partial charge in [-0.05, 0) is 24.1 Å². The van der Waals surface area contributed by atoms with Gasteiger partial charge in [-0.15, -0.1) is 0 Å². The van der Waals surface area contributed by atoms with Gasteiger partial charge in [-0.25, -0.2) is 0 Å². The molecule has 0 fully saturated rings. The molecule has 1 atom stereocenters. The van der Waals surface area contributed by atoms with Crippen LogP contribution in [0.4, 0.5) is 11.4 Å². The van der Waals surface area contributed by atoms with Crippen LogP contribution in [0.5, 0.6) is 0 Å². The van der Waals surface area contributed by atoms with Crippen LogP contribution in [0.1, 0.15) is 24.2 Å². The summed E-state index contributed by atoms with van der Waals surface area (Å²) in [6.45, 7) is 2.20. The molecular formula is C15H16N2O3. The van der Waals surface area contributed by atoms with Crippen molar-refractivity contribution >= 4 is 11.4 Å². The summed E-state index contributed by atoms with van der Waals surface area (Å²) in [5.41, 5.74) is 2.40. The molecule has 0 heterocycles. The first-order valence-corrected chi connectivity index (χ1v) is 6.32. The quantitative estimate of drug-likeness (QED) is 0.647. The molecule has 5 heteroatoms. The Balaban J connectivity index is 2.07. The molecule has 0 amide bonds. The van der Waals surface area contributed by atoms with E-state index in [1.165, 1.54) is 6.07 Å². The zero-order valence-electron chi connectivity index (χ0n) is 11.1. The summed E-state index contributed by atoms with van der Waals surface area (Å²) >= 11 is 0. The highest BCUT2D eigenvalue weighted by Gasteiger charge is 2.11. The van der Waals surface area contributed by atoms with Crippen LogP contribution in [0.15, 0.2) is 48.5 Å². The first kappa shape index (κ1) is 14.0. The predicted molar refractivity (Wildman–Crippen MR) is 77.5 cm³/mol. The average molecular weight is 272 g/mol. The van der Waals surface area contributed by atoms with E-state index in [1.807, 2.05) is 24.3 Å². The van der Waals surface area contributed by atoms with Gasteiger partial charge in [0, 0.05) is 12.6 Å². The molecule has 0 aliphatic carbocycles. The molecule has 0 saturated carbocycles. The van der Waals surface area contributed by atoms with Gasteiger partial charge in [0.05, 0.1) is 11.0 Å². The Bertz CT molecular complexity index is 594. The summed E-state index contributed by atoms with van der Waals surface area (Å²) in [4.78, 5) is 10.5. The Morgan fingerprint density at radius 3 is 2.45 bits per heavy atom. The van der Waals surface area contributed by atoms with Crippen molar-refractivity contribution in [3.05, 3.63) is 69.8 Å². The highest BCUT2D eigenvalue weighted by molar-refractivity contribution is 5.61. The lowest BCUT2D eigenvalue weighted by Gasteiger charge is -2.09. The van der Waals surface area contributed by atoms with Gasteiger partial charge in [-0.3, -0.25) is 10.1 Å². The van der Waals surface area contributed by atoms with Crippen LogP contribution in [-0.2, 0) is 6.54 Å². The van der Waals surface area contributed by atoms with Crippen LogP contribution in [0.3, 0.4) is 0 Å². The summed E-state index contributed by atoms with van der Waals surface area (Å²) in [6, 6.07) is 14.0. The SMILES string of the molecule is CC(O)c1ccc(CNc2ccccc2[N+](=O)[O-])cc1. The van der Waals surface area contributed by atoms with Gasteiger partial charge in [0.15, 0.2) is 0 Å². The van der Waals surface area contributed by atoms with Crippen LogP contribution in [0, 0.1) is 10.1 Å². The van der Waals surface area contributed by atoms with Crippen molar-refractivity contribution in [1.29, 1.82) is 0 Å². The van der Waals surface area contributed by atoms with Gasteiger partial charge in [-0.2, -0.15) is 0 Å². The standard InChI is InChI=1S/C15H16N2O3/c1-11(18)13-8-6-12(7-9-13)10-16-14-4-2-3-5-15(14)17(19)20/h2-9,11,16,18H,10H2,1H3. The van der Waals surface area contributed by atoms with E-state index in [2.05, 4.69) is 5.32 Å². The molecule has 0 bridgehead atoms. The number of para-hydroxylation sites is 2. The van der Waals surface area contributed by atoms with Crippen molar-refractivity contribution in [3.63, 3.8) is 0 Å². The van der Waals surface area contributed by atoms with Gasteiger partial charge in [0.25, 0.3) is 5.69 Å².